The largest absolute Gasteiger partial charge is 1.00 e. The monoisotopic (exact) mass is 274 g/mol. The number of hydrogen-bond donors (Lipinski definition) is 2. The summed E-state index contributed by atoms with van der Waals surface area (Å²) in [5.74, 6) is -2.60. The summed E-state index contributed by atoms with van der Waals surface area (Å²) in [7, 11) is 0. The molecule has 0 aliphatic rings. The fourth-order valence-electron chi connectivity index (χ4n) is 2.05. The minimum Gasteiger partial charge on any atom is -1.00 e. The Balaban J connectivity index is 0. The molecule has 0 saturated heterocycles. The molecule has 0 bridgehead atoms. The van der Waals surface area contributed by atoms with Gasteiger partial charge in [0.15, 0.2) is 5.41 Å². The maximum atomic E-state index is 11.5. The van der Waals surface area contributed by atoms with Crippen LogP contribution in [-0.4, -0.2) is 22.2 Å². The van der Waals surface area contributed by atoms with Crippen LogP contribution in [0.5, 0.6) is 0 Å². The van der Waals surface area contributed by atoms with Crippen molar-refractivity contribution in [3.05, 3.63) is 35.9 Å². The summed E-state index contributed by atoms with van der Waals surface area (Å²) in [6.45, 7) is 4.91. The fraction of sp³-hybridized carbons (Fsp3) is 0.429. The molecule has 0 radical (unpaired) electrons. The summed E-state index contributed by atoms with van der Waals surface area (Å²) in [5, 5.41) is 18.8. The molecule has 0 atom stereocenters. The second-order valence-electron chi connectivity index (χ2n) is 5.43. The summed E-state index contributed by atoms with van der Waals surface area (Å²) in [5.41, 5.74) is -2.01. The van der Waals surface area contributed by atoms with Crippen molar-refractivity contribution in [3.8, 4) is 0 Å². The van der Waals surface area contributed by atoms with E-state index in [2.05, 4.69) is 0 Å². The molecule has 4 nitrogen and oxygen atoms in total. The summed E-state index contributed by atoms with van der Waals surface area (Å²) >= 11 is 0. The average Bonchev–Trinajstić information content (AvgIpc) is 2.24. The van der Waals surface area contributed by atoms with Gasteiger partial charge in [0.25, 0.3) is 0 Å². The number of carboxylic acid groups (broad SMARTS) is 2. The molecule has 0 aliphatic heterocycles. The standard InChI is InChI=1S/C14H18O4.Na.H/c1-13(2,3)14(11(15)16,12(17)18)9-10-7-5-4-6-8-10;;/h4-8H,9H2,1-3H3,(H,15,16)(H,17,18);;/q;+1;-1. The van der Waals surface area contributed by atoms with Gasteiger partial charge in [-0.2, -0.15) is 0 Å². The summed E-state index contributed by atoms with van der Waals surface area (Å²) in [4.78, 5) is 23.1. The Kier molecular flexibility index (Phi) is 6.26. The molecule has 0 heterocycles. The van der Waals surface area contributed by atoms with Crippen LogP contribution in [0.25, 0.3) is 0 Å². The van der Waals surface area contributed by atoms with E-state index in [9.17, 15) is 19.8 Å². The van der Waals surface area contributed by atoms with E-state index in [1.165, 1.54) is 0 Å². The van der Waals surface area contributed by atoms with Crippen LogP contribution in [0.15, 0.2) is 30.3 Å². The molecule has 100 valence electrons. The van der Waals surface area contributed by atoms with E-state index in [1.54, 1.807) is 45.0 Å². The molecule has 0 aromatic heterocycles. The van der Waals surface area contributed by atoms with Gasteiger partial charge in [0, 0.05) is 0 Å². The van der Waals surface area contributed by atoms with E-state index in [0.717, 1.165) is 0 Å². The van der Waals surface area contributed by atoms with Crippen molar-refractivity contribution in [3.63, 3.8) is 0 Å². The molecule has 0 aliphatic carbocycles. The van der Waals surface area contributed by atoms with Gasteiger partial charge in [0.1, 0.15) is 0 Å². The number of benzene rings is 1. The topological polar surface area (TPSA) is 74.6 Å². The van der Waals surface area contributed by atoms with E-state index < -0.39 is 22.8 Å². The number of aliphatic carboxylic acids is 2. The van der Waals surface area contributed by atoms with Crippen molar-refractivity contribution >= 4 is 11.9 Å². The normalized spacial score (nSPS) is 11.5. The summed E-state index contributed by atoms with van der Waals surface area (Å²) in [6.07, 6.45) is -0.0258. The number of hydrogen-bond acceptors (Lipinski definition) is 2. The molecule has 0 unspecified atom stereocenters. The van der Waals surface area contributed by atoms with Gasteiger partial charge in [0.2, 0.25) is 0 Å². The van der Waals surface area contributed by atoms with Crippen molar-refractivity contribution in [2.45, 2.75) is 27.2 Å². The first-order valence-electron chi connectivity index (χ1n) is 5.72. The van der Waals surface area contributed by atoms with Gasteiger partial charge in [-0.3, -0.25) is 9.59 Å². The Morgan fingerprint density at radius 2 is 1.47 bits per heavy atom. The quantitative estimate of drug-likeness (QED) is 0.576. The zero-order valence-corrected chi connectivity index (χ0v) is 13.8. The van der Waals surface area contributed by atoms with Crippen LogP contribution in [0.4, 0.5) is 0 Å². The predicted molar refractivity (Wildman–Crippen MR) is 68.4 cm³/mol. The van der Waals surface area contributed by atoms with E-state index in [0.29, 0.717) is 5.56 Å². The summed E-state index contributed by atoms with van der Waals surface area (Å²) in [6, 6.07) is 8.83. The molecule has 0 spiro atoms. The first-order chi connectivity index (χ1) is 8.22. The first-order valence-corrected chi connectivity index (χ1v) is 5.72. The Hall–Kier alpha value is -0.840. The summed E-state index contributed by atoms with van der Waals surface area (Å²) < 4.78 is 0. The van der Waals surface area contributed by atoms with Crippen LogP contribution >= 0.6 is 0 Å². The van der Waals surface area contributed by atoms with E-state index in [-0.39, 0.29) is 37.4 Å². The van der Waals surface area contributed by atoms with Gasteiger partial charge in [-0.15, -0.1) is 0 Å². The third-order valence-corrected chi connectivity index (χ3v) is 3.32. The van der Waals surface area contributed by atoms with Gasteiger partial charge in [-0.25, -0.2) is 0 Å². The van der Waals surface area contributed by atoms with Crippen molar-refractivity contribution in [1.29, 1.82) is 0 Å². The maximum Gasteiger partial charge on any atom is 1.00 e. The zero-order chi connectivity index (χ0) is 14.0. The molecule has 1 rings (SSSR count). The number of carbonyl (C=O) groups is 2. The van der Waals surface area contributed by atoms with Crippen LogP contribution in [0.3, 0.4) is 0 Å². The molecule has 0 fully saturated rings. The van der Waals surface area contributed by atoms with Gasteiger partial charge in [-0.05, 0) is 17.4 Å². The fourth-order valence-corrected chi connectivity index (χ4v) is 2.05. The molecule has 2 N–H and O–H groups in total. The van der Waals surface area contributed by atoms with Crippen LogP contribution in [0.1, 0.15) is 27.8 Å². The van der Waals surface area contributed by atoms with Crippen LogP contribution in [-0.2, 0) is 16.0 Å². The Morgan fingerprint density at radius 3 is 1.79 bits per heavy atom. The average molecular weight is 274 g/mol. The van der Waals surface area contributed by atoms with Gasteiger partial charge < -0.3 is 11.6 Å². The third kappa shape index (κ3) is 3.59. The molecular weight excluding hydrogens is 255 g/mol. The molecule has 5 heteroatoms. The Morgan fingerprint density at radius 1 is 1.05 bits per heavy atom. The molecule has 0 amide bonds. The molecule has 0 saturated carbocycles. The Labute approximate surface area is 136 Å². The van der Waals surface area contributed by atoms with E-state index in [1.807, 2.05) is 6.07 Å². The van der Waals surface area contributed by atoms with Crippen molar-refractivity contribution in [1.82, 2.24) is 0 Å². The van der Waals surface area contributed by atoms with Crippen molar-refractivity contribution in [2.75, 3.05) is 0 Å². The Bertz CT molecular complexity index is 440. The minimum atomic E-state index is -1.83. The smallest absolute Gasteiger partial charge is 1.00 e. The van der Waals surface area contributed by atoms with Gasteiger partial charge in [-0.1, -0.05) is 51.1 Å². The molecule has 1 aromatic rings. The van der Waals surface area contributed by atoms with Crippen LogP contribution in [0, 0.1) is 10.8 Å². The maximum absolute atomic E-state index is 11.5. The van der Waals surface area contributed by atoms with Crippen molar-refractivity contribution < 1.29 is 50.8 Å². The van der Waals surface area contributed by atoms with Crippen molar-refractivity contribution in [2.24, 2.45) is 10.8 Å². The third-order valence-electron chi connectivity index (χ3n) is 3.32. The van der Waals surface area contributed by atoms with E-state index >= 15 is 0 Å². The number of rotatable bonds is 4. The molecule has 1 aromatic carbocycles. The first kappa shape index (κ1) is 18.2. The second kappa shape index (κ2) is 6.55. The SMILES string of the molecule is CC(C)(C)C(Cc1ccccc1)(C(=O)O)C(=O)O.[H-].[Na+]. The second-order valence-corrected chi connectivity index (χ2v) is 5.43. The van der Waals surface area contributed by atoms with Gasteiger partial charge >= 0.3 is 41.5 Å². The molecular formula is C14H19NaO4. The van der Waals surface area contributed by atoms with Gasteiger partial charge in [0.05, 0.1) is 0 Å². The predicted octanol–water partition coefficient (Wildman–Crippen LogP) is -0.453. The van der Waals surface area contributed by atoms with Crippen LogP contribution < -0.4 is 29.6 Å². The zero-order valence-electron chi connectivity index (χ0n) is 12.8. The van der Waals surface area contributed by atoms with E-state index in [4.69, 9.17) is 0 Å². The van der Waals surface area contributed by atoms with Crippen LogP contribution in [0.2, 0.25) is 0 Å². The minimum absolute atomic E-state index is 0. The molecule has 19 heavy (non-hydrogen) atoms. The number of carboxylic acids is 2.